The Labute approximate surface area is 170 Å². The number of benzene rings is 2. The van der Waals surface area contributed by atoms with E-state index < -0.39 is 22.6 Å². The van der Waals surface area contributed by atoms with Crippen LogP contribution >= 0.6 is 0 Å². The van der Waals surface area contributed by atoms with Crippen molar-refractivity contribution >= 4 is 21.9 Å². The van der Waals surface area contributed by atoms with Crippen LogP contribution in [0.3, 0.4) is 0 Å². The lowest BCUT2D eigenvalue weighted by Crippen LogP contribution is -2.33. The van der Waals surface area contributed by atoms with Crippen molar-refractivity contribution in [3.63, 3.8) is 0 Å². The minimum atomic E-state index is -3.90. The average Bonchev–Trinajstić information content (AvgIpc) is 2.76. The highest BCUT2D eigenvalue weighted by Gasteiger charge is 2.23. The number of sulfonamides is 1. The SMILES string of the molecule is CON(C)S(=O)(=O)c1cccc(C(=O)OCC(=O)N(C)[C@@H](C)c2ccccc2)c1. The van der Waals surface area contributed by atoms with Crippen LogP contribution in [0.2, 0.25) is 0 Å². The van der Waals surface area contributed by atoms with Gasteiger partial charge >= 0.3 is 5.97 Å². The molecule has 0 spiro atoms. The molecule has 0 bridgehead atoms. The quantitative estimate of drug-likeness (QED) is 0.480. The molecule has 0 radical (unpaired) electrons. The Morgan fingerprint density at radius 2 is 1.69 bits per heavy atom. The van der Waals surface area contributed by atoms with Gasteiger partial charge in [0.25, 0.3) is 15.9 Å². The molecule has 1 amide bonds. The van der Waals surface area contributed by atoms with Crippen LogP contribution in [0.25, 0.3) is 0 Å². The van der Waals surface area contributed by atoms with Crippen LogP contribution in [-0.4, -0.2) is 57.5 Å². The van der Waals surface area contributed by atoms with Crippen molar-refractivity contribution < 1.29 is 27.6 Å². The highest BCUT2D eigenvalue weighted by molar-refractivity contribution is 7.89. The van der Waals surface area contributed by atoms with Crippen molar-refractivity contribution in [3.8, 4) is 0 Å². The Kier molecular flexibility index (Phi) is 7.49. The summed E-state index contributed by atoms with van der Waals surface area (Å²) in [5.74, 6) is -1.17. The zero-order valence-electron chi connectivity index (χ0n) is 16.7. The van der Waals surface area contributed by atoms with Gasteiger partial charge < -0.3 is 9.64 Å². The number of ether oxygens (including phenoxy) is 1. The summed E-state index contributed by atoms with van der Waals surface area (Å²) in [6.45, 7) is 1.41. The van der Waals surface area contributed by atoms with Gasteiger partial charge in [-0.1, -0.05) is 40.9 Å². The zero-order chi connectivity index (χ0) is 21.6. The second-order valence-corrected chi connectivity index (χ2v) is 8.23. The predicted octanol–water partition coefficient (Wildman–Crippen LogP) is 2.24. The van der Waals surface area contributed by atoms with Crippen LogP contribution in [0, 0.1) is 0 Å². The minimum absolute atomic E-state index is 0.0159. The monoisotopic (exact) mass is 420 g/mol. The summed E-state index contributed by atoms with van der Waals surface area (Å²) in [4.78, 5) is 30.7. The maximum absolute atomic E-state index is 12.4. The lowest BCUT2D eigenvalue weighted by Gasteiger charge is -2.25. The third-order valence-corrected chi connectivity index (χ3v) is 6.22. The fourth-order valence-corrected chi connectivity index (χ4v) is 3.53. The summed E-state index contributed by atoms with van der Waals surface area (Å²) < 4.78 is 30.3. The number of hydrogen-bond donors (Lipinski definition) is 0. The van der Waals surface area contributed by atoms with E-state index in [1.165, 1.54) is 43.3 Å². The van der Waals surface area contributed by atoms with E-state index in [2.05, 4.69) is 0 Å². The predicted molar refractivity (Wildman–Crippen MR) is 106 cm³/mol. The minimum Gasteiger partial charge on any atom is -0.452 e. The maximum atomic E-state index is 12.4. The number of amides is 1. The molecular formula is C20H24N2O6S. The topological polar surface area (TPSA) is 93.2 Å². The van der Waals surface area contributed by atoms with Gasteiger partial charge in [-0.3, -0.25) is 9.63 Å². The largest absolute Gasteiger partial charge is 0.452 e. The van der Waals surface area contributed by atoms with Gasteiger partial charge in [-0.05, 0) is 30.7 Å². The molecule has 0 aliphatic heterocycles. The van der Waals surface area contributed by atoms with Crippen LogP contribution in [0.5, 0.6) is 0 Å². The van der Waals surface area contributed by atoms with Crippen molar-refractivity contribution in [2.75, 3.05) is 27.8 Å². The van der Waals surface area contributed by atoms with Gasteiger partial charge in [0.05, 0.1) is 23.6 Å². The first-order valence-corrected chi connectivity index (χ1v) is 10.2. The van der Waals surface area contributed by atoms with Crippen molar-refractivity contribution in [2.24, 2.45) is 0 Å². The van der Waals surface area contributed by atoms with Gasteiger partial charge in [0.1, 0.15) is 0 Å². The number of hydroxylamine groups is 1. The molecule has 0 aliphatic carbocycles. The Balaban J connectivity index is 2.04. The molecule has 0 heterocycles. The molecule has 2 aromatic rings. The molecule has 0 fully saturated rings. The second-order valence-electron chi connectivity index (χ2n) is 6.29. The van der Waals surface area contributed by atoms with E-state index in [1.807, 2.05) is 37.3 Å². The molecule has 2 aromatic carbocycles. The summed E-state index contributed by atoms with van der Waals surface area (Å²) >= 11 is 0. The number of likely N-dealkylation sites (N-methyl/N-ethyl adjacent to an activating group) is 1. The molecule has 9 heteroatoms. The Morgan fingerprint density at radius 3 is 2.31 bits per heavy atom. The third-order valence-electron chi connectivity index (χ3n) is 4.55. The lowest BCUT2D eigenvalue weighted by molar-refractivity contribution is -0.135. The molecule has 0 unspecified atom stereocenters. The molecule has 2 rings (SSSR count). The van der Waals surface area contributed by atoms with E-state index in [0.717, 1.165) is 5.56 Å². The molecule has 156 valence electrons. The number of esters is 1. The van der Waals surface area contributed by atoms with Crippen molar-refractivity contribution in [1.82, 2.24) is 9.37 Å². The normalized spacial score (nSPS) is 12.4. The molecule has 0 aromatic heterocycles. The van der Waals surface area contributed by atoms with Gasteiger partial charge in [-0.2, -0.15) is 0 Å². The van der Waals surface area contributed by atoms with Gasteiger partial charge in [0, 0.05) is 14.1 Å². The smallest absolute Gasteiger partial charge is 0.338 e. The fourth-order valence-electron chi connectivity index (χ4n) is 2.51. The lowest BCUT2D eigenvalue weighted by atomic mass is 10.1. The highest BCUT2D eigenvalue weighted by atomic mass is 32.2. The first-order valence-electron chi connectivity index (χ1n) is 8.79. The molecule has 1 atom stereocenters. The maximum Gasteiger partial charge on any atom is 0.338 e. The van der Waals surface area contributed by atoms with Gasteiger partial charge in [0.2, 0.25) is 0 Å². The van der Waals surface area contributed by atoms with Crippen molar-refractivity contribution in [3.05, 3.63) is 65.7 Å². The number of nitrogens with zero attached hydrogens (tertiary/aromatic N) is 2. The Morgan fingerprint density at radius 1 is 1.03 bits per heavy atom. The number of carbonyl (C=O) groups is 2. The highest BCUT2D eigenvalue weighted by Crippen LogP contribution is 2.19. The van der Waals surface area contributed by atoms with Crippen LogP contribution < -0.4 is 0 Å². The van der Waals surface area contributed by atoms with E-state index in [0.29, 0.717) is 4.47 Å². The van der Waals surface area contributed by atoms with Gasteiger partial charge in [-0.15, -0.1) is 0 Å². The number of carbonyl (C=O) groups excluding carboxylic acids is 2. The van der Waals surface area contributed by atoms with E-state index in [1.54, 1.807) is 7.05 Å². The Bertz CT molecular complexity index is 962. The second kappa shape index (κ2) is 9.64. The van der Waals surface area contributed by atoms with Crippen molar-refractivity contribution in [1.29, 1.82) is 0 Å². The molecule has 0 saturated heterocycles. The molecule has 0 N–H and O–H groups in total. The first-order chi connectivity index (χ1) is 13.7. The van der Waals surface area contributed by atoms with Crippen LogP contribution in [0.1, 0.15) is 28.9 Å². The van der Waals surface area contributed by atoms with E-state index in [-0.39, 0.29) is 22.4 Å². The van der Waals surface area contributed by atoms with Gasteiger partial charge in [-0.25, -0.2) is 13.2 Å². The van der Waals surface area contributed by atoms with Crippen LogP contribution in [0.4, 0.5) is 0 Å². The number of hydrogen-bond acceptors (Lipinski definition) is 6. The third kappa shape index (κ3) is 5.41. The fraction of sp³-hybridized carbons (Fsp3) is 0.300. The summed E-state index contributed by atoms with van der Waals surface area (Å²) in [6.07, 6.45) is 0. The summed E-state index contributed by atoms with van der Waals surface area (Å²) in [5.41, 5.74) is 0.969. The van der Waals surface area contributed by atoms with E-state index >= 15 is 0 Å². The first kappa shape index (κ1) is 22.5. The standard InChI is InChI=1S/C20H24N2O6S/c1-15(16-9-6-5-7-10-16)21(2)19(23)14-28-20(24)17-11-8-12-18(13-17)29(25,26)22(3)27-4/h5-13,15H,14H2,1-4H3/t15-/m0/s1. The number of rotatable bonds is 8. The zero-order valence-corrected chi connectivity index (χ0v) is 17.5. The van der Waals surface area contributed by atoms with Crippen LogP contribution in [0.15, 0.2) is 59.5 Å². The molecule has 0 aliphatic rings. The van der Waals surface area contributed by atoms with Gasteiger partial charge in [0.15, 0.2) is 6.61 Å². The van der Waals surface area contributed by atoms with E-state index in [9.17, 15) is 18.0 Å². The summed E-state index contributed by atoms with van der Waals surface area (Å²) in [5, 5.41) is 0. The molecule has 0 saturated carbocycles. The molecule has 8 nitrogen and oxygen atoms in total. The summed E-state index contributed by atoms with van der Waals surface area (Å²) in [7, 11) is 0.178. The Hall–Kier alpha value is -2.75. The molecule has 29 heavy (non-hydrogen) atoms. The molecular weight excluding hydrogens is 396 g/mol. The van der Waals surface area contributed by atoms with E-state index in [4.69, 9.17) is 9.57 Å². The average molecular weight is 420 g/mol. The van der Waals surface area contributed by atoms with Crippen molar-refractivity contribution in [2.45, 2.75) is 17.9 Å². The summed E-state index contributed by atoms with van der Waals surface area (Å²) in [6, 6.07) is 14.6. The van der Waals surface area contributed by atoms with Crippen LogP contribution in [-0.2, 0) is 24.4 Å².